The monoisotopic (exact) mass is 317 g/mol. The molecule has 0 amide bonds. The van der Waals surface area contributed by atoms with Gasteiger partial charge in [-0.05, 0) is 19.0 Å². The van der Waals surface area contributed by atoms with Crippen LogP contribution in [0.5, 0.6) is 0 Å². The first-order valence-corrected chi connectivity index (χ1v) is 7.34. The van der Waals surface area contributed by atoms with Gasteiger partial charge in [-0.3, -0.25) is 10.1 Å². The highest BCUT2D eigenvalue weighted by Gasteiger charge is 2.18. The number of hydrogen-bond donors (Lipinski definition) is 1. The van der Waals surface area contributed by atoms with Crippen LogP contribution in [0.15, 0.2) is 22.5 Å². The van der Waals surface area contributed by atoms with E-state index < -0.39 is 0 Å². The van der Waals surface area contributed by atoms with Gasteiger partial charge in [0.05, 0.1) is 15.1 Å². The molecular weight excluding hydrogens is 306 g/mol. The van der Waals surface area contributed by atoms with Crippen molar-refractivity contribution < 1.29 is 4.92 Å². The third-order valence-corrected chi connectivity index (χ3v) is 5.24. The van der Waals surface area contributed by atoms with E-state index in [4.69, 9.17) is 0 Å². The normalized spacial score (nSPS) is 18.4. The highest BCUT2D eigenvalue weighted by Crippen LogP contribution is 2.34. The van der Waals surface area contributed by atoms with Crippen LogP contribution in [0.1, 0.15) is 6.42 Å². The molecule has 1 aromatic heterocycles. The van der Waals surface area contributed by atoms with Crippen LogP contribution in [0.4, 0.5) is 5.69 Å². The molecule has 0 saturated carbocycles. The fourth-order valence-corrected chi connectivity index (χ4v) is 4.35. The third-order valence-electron chi connectivity index (χ3n) is 2.84. The second-order valence-electron chi connectivity index (χ2n) is 4.12. The molecule has 3 rings (SSSR count). The number of benzene rings is 1. The van der Waals surface area contributed by atoms with Crippen LogP contribution >= 0.6 is 35.5 Å². The summed E-state index contributed by atoms with van der Waals surface area (Å²) in [7, 11) is 0. The predicted octanol–water partition coefficient (Wildman–Crippen LogP) is 3.08. The lowest BCUT2D eigenvalue weighted by Gasteiger charge is -2.02. The van der Waals surface area contributed by atoms with Crippen LogP contribution < -0.4 is 5.32 Å². The van der Waals surface area contributed by atoms with Gasteiger partial charge in [-0.1, -0.05) is 11.8 Å². The molecule has 8 heteroatoms. The first-order chi connectivity index (χ1) is 8.72. The van der Waals surface area contributed by atoms with Gasteiger partial charge in [-0.15, -0.1) is 23.7 Å². The summed E-state index contributed by atoms with van der Waals surface area (Å²) in [5, 5.41) is 14.6. The van der Waals surface area contributed by atoms with Crippen molar-refractivity contribution in [1.29, 1.82) is 0 Å². The summed E-state index contributed by atoms with van der Waals surface area (Å²) in [6.07, 6.45) is 1.15. The van der Waals surface area contributed by atoms with Gasteiger partial charge in [0.15, 0.2) is 4.34 Å². The maximum absolute atomic E-state index is 10.7. The summed E-state index contributed by atoms with van der Waals surface area (Å²) in [6.45, 7) is 2.08. The molecule has 0 spiro atoms. The average molecular weight is 318 g/mol. The molecule has 1 atom stereocenters. The molecule has 2 aromatic rings. The van der Waals surface area contributed by atoms with Crippen molar-refractivity contribution in [2.24, 2.45) is 0 Å². The van der Waals surface area contributed by atoms with E-state index in [-0.39, 0.29) is 23.0 Å². The lowest BCUT2D eigenvalue weighted by atomic mass is 10.3. The molecule has 1 fully saturated rings. The van der Waals surface area contributed by atoms with E-state index in [0.717, 1.165) is 34.1 Å². The summed E-state index contributed by atoms with van der Waals surface area (Å²) >= 11 is 3.37. The van der Waals surface area contributed by atoms with Crippen molar-refractivity contribution in [3.63, 3.8) is 0 Å². The van der Waals surface area contributed by atoms with Gasteiger partial charge in [-0.2, -0.15) is 0 Å². The Balaban J connectivity index is 0.00000133. The van der Waals surface area contributed by atoms with Crippen LogP contribution in [-0.4, -0.2) is 28.2 Å². The van der Waals surface area contributed by atoms with E-state index in [1.807, 2.05) is 0 Å². The number of hydrogen-bond acceptors (Lipinski definition) is 6. The van der Waals surface area contributed by atoms with Crippen molar-refractivity contribution in [1.82, 2.24) is 10.3 Å². The third kappa shape index (κ3) is 3.17. The Bertz CT molecular complexity index is 599. The quantitative estimate of drug-likeness (QED) is 0.696. The lowest BCUT2D eigenvalue weighted by molar-refractivity contribution is -0.384. The van der Waals surface area contributed by atoms with Gasteiger partial charge < -0.3 is 5.32 Å². The zero-order valence-electron chi connectivity index (χ0n) is 9.87. The number of nitrogens with one attached hydrogen (secondary N) is 1. The molecule has 0 bridgehead atoms. The van der Waals surface area contributed by atoms with Gasteiger partial charge in [-0.25, -0.2) is 4.98 Å². The molecule has 19 heavy (non-hydrogen) atoms. The fraction of sp³-hybridized carbons (Fsp3) is 0.364. The van der Waals surface area contributed by atoms with Gasteiger partial charge in [0.25, 0.3) is 5.69 Å². The maximum Gasteiger partial charge on any atom is 0.271 e. The summed E-state index contributed by atoms with van der Waals surface area (Å²) in [5.74, 6) is 0. The van der Waals surface area contributed by atoms with Crippen molar-refractivity contribution in [2.75, 3.05) is 13.1 Å². The largest absolute Gasteiger partial charge is 0.316 e. The topological polar surface area (TPSA) is 68.1 Å². The molecule has 1 unspecified atom stereocenters. The molecule has 5 nitrogen and oxygen atoms in total. The summed E-state index contributed by atoms with van der Waals surface area (Å²) in [5.41, 5.74) is 0.828. The van der Waals surface area contributed by atoms with Crippen molar-refractivity contribution in [3.05, 3.63) is 28.3 Å². The molecule has 0 aliphatic carbocycles. The molecule has 102 valence electrons. The van der Waals surface area contributed by atoms with Crippen LogP contribution in [0, 0.1) is 10.1 Å². The number of halogens is 1. The standard InChI is InChI=1S/C11H11N3O2S2.ClH/c15-14(16)7-1-2-10-9(5-7)13-11(18-10)17-8-3-4-12-6-8;/h1-2,5,8,12H,3-4,6H2;1H. The van der Waals surface area contributed by atoms with Gasteiger partial charge >= 0.3 is 0 Å². The smallest absolute Gasteiger partial charge is 0.271 e. The molecule has 1 aliphatic rings. The number of thiazole rings is 1. The van der Waals surface area contributed by atoms with Crippen LogP contribution in [-0.2, 0) is 0 Å². The van der Waals surface area contributed by atoms with Crippen molar-refractivity contribution in [3.8, 4) is 0 Å². The highest BCUT2D eigenvalue weighted by molar-refractivity contribution is 8.01. The molecule has 1 aromatic carbocycles. The Morgan fingerprint density at radius 1 is 1.53 bits per heavy atom. The van der Waals surface area contributed by atoms with Crippen LogP contribution in [0.2, 0.25) is 0 Å². The fourth-order valence-electron chi connectivity index (χ4n) is 1.93. The second kappa shape index (κ2) is 6.04. The number of rotatable bonds is 3. The minimum absolute atomic E-state index is 0. The van der Waals surface area contributed by atoms with Crippen molar-refractivity contribution in [2.45, 2.75) is 16.0 Å². The van der Waals surface area contributed by atoms with E-state index in [1.54, 1.807) is 35.2 Å². The number of thioether (sulfide) groups is 1. The Morgan fingerprint density at radius 3 is 3.05 bits per heavy atom. The summed E-state index contributed by atoms with van der Waals surface area (Å²) < 4.78 is 2.01. The van der Waals surface area contributed by atoms with Gasteiger partial charge in [0, 0.05) is 23.9 Å². The number of aromatic nitrogens is 1. The Morgan fingerprint density at radius 2 is 2.37 bits per heavy atom. The maximum atomic E-state index is 10.7. The van der Waals surface area contributed by atoms with Crippen molar-refractivity contribution >= 4 is 51.4 Å². The second-order valence-corrected chi connectivity index (χ2v) is 6.70. The molecule has 1 N–H and O–H groups in total. The Hall–Kier alpha value is -0.890. The lowest BCUT2D eigenvalue weighted by Crippen LogP contribution is -2.09. The first-order valence-electron chi connectivity index (χ1n) is 5.65. The molecule has 2 heterocycles. The summed E-state index contributed by atoms with van der Waals surface area (Å²) in [4.78, 5) is 14.8. The minimum atomic E-state index is -0.382. The van der Waals surface area contributed by atoms with E-state index >= 15 is 0 Å². The predicted molar refractivity (Wildman–Crippen MR) is 80.7 cm³/mol. The minimum Gasteiger partial charge on any atom is -0.316 e. The highest BCUT2D eigenvalue weighted by atomic mass is 35.5. The molecule has 0 radical (unpaired) electrons. The Labute approximate surface area is 124 Å². The number of nitro groups is 1. The zero-order valence-corrected chi connectivity index (χ0v) is 12.3. The summed E-state index contributed by atoms with van der Waals surface area (Å²) in [6, 6.07) is 4.86. The molecular formula is C11H12ClN3O2S2. The van der Waals surface area contributed by atoms with Crippen LogP contribution in [0.25, 0.3) is 10.2 Å². The molecule has 1 aliphatic heterocycles. The number of non-ortho nitro benzene ring substituents is 1. The zero-order chi connectivity index (χ0) is 12.5. The van der Waals surface area contributed by atoms with Crippen LogP contribution in [0.3, 0.4) is 0 Å². The SMILES string of the molecule is Cl.O=[N+]([O-])c1ccc2sc(SC3CCNC3)nc2c1. The first kappa shape index (κ1) is 14.5. The number of nitrogens with zero attached hydrogens (tertiary/aromatic N) is 2. The van der Waals surface area contributed by atoms with Gasteiger partial charge in [0.2, 0.25) is 0 Å². The van der Waals surface area contributed by atoms with E-state index in [0.29, 0.717) is 5.25 Å². The number of nitro benzene ring substituents is 1. The molecule has 1 saturated heterocycles. The van der Waals surface area contributed by atoms with E-state index in [1.165, 1.54) is 6.07 Å². The van der Waals surface area contributed by atoms with E-state index in [9.17, 15) is 10.1 Å². The average Bonchev–Trinajstić information content (AvgIpc) is 2.96. The Kier molecular flexibility index (Phi) is 4.62. The number of fused-ring (bicyclic) bond motifs is 1. The van der Waals surface area contributed by atoms with Gasteiger partial charge in [0.1, 0.15) is 0 Å². The van der Waals surface area contributed by atoms with E-state index in [2.05, 4.69) is 10.3 Å².